The second-order valence-electron chi connectivity index (χ2n) is 7.48. The maximum Gasteiger partial charge on any atom is 0.417 e. The van der Waals surface area contributed by atoms with Crippen molar-refractivity contribution >= 4 is 5.97 Å². The fourth-order valence-electron chi connectivity index (χ4n) is 3.26. The van der Waals surface area contributed by atoms with Gasteiger partial charge in [0.2, 0.25) is 0 Å². The molecule has 0 radical (unpaired) electrons. The summed E-state index contributed by atoms with van der Waals surface area (Å²) in [6, 6.07) is 0.827. The van der Waals surface area contributed by atoms with E-state index in [1.807, 2.05) is 6.92 Å². The summed E-state index contributed by atoms with van der Waals surface area (Å²) >= 11 is 0. The molecular formula is C22H30F6O2. The van der Waals surface area contributed by atoms with E-state index >= 15 is 0 Å². The number of rotatable bonds is 12. The minimum absolute atomic E-state index is 0.224. The van der Waals surface area contributed by atoms with E-state index in [1.165, 1.54) is 6.42 Å². The smallest absolute Gasteiger partial charge is 0.417 e. The summed E-state index contributed by atoms with van der Waals surface area (Å²) in [5, 5.41) is 0. The van der Waals surface area contributed by atoms with Gasteiger partial charge in [-0.3, -0.25) is 0 Å². The zero-order valence-electron chi connectivity index (χ0n) is 17.5. The van der Waals surface area contributed by atoms with Gasteiger partial charge in [-0.05, 0) is 37.5 Å². The van der Waals surface area contributed by atoms with E-state index in [0.29, 0.717) is 25.3 Å². The molecule has 0 aromatic heterocycles. The molecule has 0 saturated heterocycles. The highest BCUT2D eigenvalue weighted by atomic mass is 19.4. The lowest BCUT2D eigenvalue weighted by atomic mass is 10.0. The van der Waals surface area contributed by atoms with Crippen LogP contribution in [0.4, 0.5) is 26.3 Å². The standard InChI is InChI=1S/C22H30F6O2/c1-3-5-6-7-8-9-10-12-17(11-4-2)30-20(29)18-15-16(21(23,24)25)13-14-19(18)22(26,27)28/h13-15,17H,3-12H2,1-2H3. The Morgan fingerprint density at radius 1 is 0.833 bits per heavy atom. The summed E-state index contributed by atoms with van der Waals surface area (Å²) in [5.41, 5.74) is -3.84. The molecular weight excluding hydrogens is 410 g/mol. The molecule has 8 heteroatoms. The molecule has 1 aromatic rings. The van der Waals surface area contributed by atoms with Crippen molar-refractivity contribution in [2.24, 2.45) is 0 Å². The lowest BCUT2D eigenvalue weighted by Crippen LogP contribution is -2.22. The minimum atomic E-state index is -4.96. The highest BCUT2D eigenvalue weighted by molar-refractivity contribution is 5.91. The highest BCUT2D eigenvalue weighted by Gasteiger charge is 2.39. The number of halogens is 6. The van der Waals surface area contributed by atoms with E-state index in [2.05, 4.69) is 6.92 Å². The van der Waals surface area contributed by atoms with Crippen molar-refractivity contribution in [2.45, 2.75) is 96.5 Å². The fraction of sp³-hybridized carbons (Fsp3) is 0.682. The van der Waals surface area contributed by atoms with Crippen LogP contribution in [0, 0.1) is 0 Å². The number of ether oxygens (including phenoxy) is 1. The van der Waals surface area contributed by atoms with E-state index in [0.717, 1.165) is 38.5 Å². The van der Waals surface area contributed by atoms with Gasteiger partial charge in [0.05, 0.1) is 16.7 Å². The first-order valence-corrected chi connectivity index (χ1v) is 10.5. The summed E-state index contributed by atoms with van der Waals surface area (Å²) in [5.74, 6) is -1.37. The number of hydrogen-bond acceptors (Lipinski definition) is 2. The molecule has 0 saturated carbocycles. The summed E-state index contributed by atoms with van der Waals surface area (Å²) in [6.07, 6.45) is -1.61. The van der Waals surface area contributed by atoms with Gasteiger partial charge in [-0.1, -0.05) is 58.8 Å². The number of hydrogen-bond donors (Lipinski definition) is 0. The van der Waals surface area contributed by atoms with Gasteiger partial charge in [0.15, 0.2) is 0 Å². The van der Waals surface area contributed by atoms with Crippen molar-refractivity contribution in [2.75, 3.05) is 0 Å². The van der Waals surface area contributed by atoms with Crippen LogP contribution in [-0.4, -0.2) is 12.1 Å². The molecule has 2 nitrogen and oxygen atoms in total. The highest BCUT2D eigenvalue weighted by Crippen LogP contribution is 2.37. The molecule has 1 aromatic carbocycles. The number of benzene rings is 1. The third-order valence-corrected chi connectivity index (χ3v) is 4.89. The van der Waals surface area contributed by atoms with Crippen molar-refractivity contribution in [3.63, 3.8) is 0 Å². The molecule has 30 heavy (non-hydrogen) atoms. The van der Waals surface area contributed by atoms with Crippen LogP contribution >= 0.6 is 0 Å². The first-order chi connectivity index (χ1) is 14.0. The van der Waals surface area contributed by atoms with Gasteiger partial charge >= 0.3 is 18.3 Å². The molecule has 0 N–H and O–H groups in total. The predicted molar refractivity (Wildman–Crippen MR) is 103 cm³/mol. The second kappa shape index (κ2) is 12.2. The number of unbranched alkanes of at least 4 members (excludes halogenated alkanes) is 6. The fourth-order valence-corrected chi connectivity index (χ4v) is 3.26. The quantitative estimate of drug-likeness (QED) is 0.186. The Bertz CT molecular complexity index is 652. The third kappa shape index (κ3) is 8.96. The van der Waals surface area contributed by atoms with Crippen molar-refractivity contribution in [1.29, 1.82) is 0 Å². The Morgan fingerprint density at radius 3 is 1.97 bits per heavy atom. The summed E-state index contributed by atoms with van der Waals surface area (Å²) < 4.78 is 83.6. The normalized spacial score (nSPS) is 13.3. The monoisotopic (exact) mass is 440 g/mol. The molecule has 1 atom stereocenters. The molecule has 0 bridgehead atoms. The Hall–Kier alpha value is -1.73. The van der Waals surface area contributed by atoms with Crippen LogP contribution in [-0.2, 0) is 17.1 Å². The molecule has 0 amide bonds. The number of esters is 1. The Balaban J connectivity index is 2.85. The number of carbonyl (C=O) groups excluding carboxylic acids is 1. The maximum atomic E-state index is 13.2. The Morgan fingerprint density at radius 2 is 1.43 bits per heavy atom. The van der Waals surface area contributed by atoms with E-state index in [-0.39, 0.29) is 12.1 Å². The van der Waals surface area contributed by atoms with Crippen molar-refractivity contribution < 1.29 is 35.9 Å². The lowest BCUT2D eigenvalue weighted by Gasteiger charge is -2.20. The van der Waals surface area contributed by atoms with Gasteiger partial charge in [0.1, 0.15) is 6.10 Å². The summed E-state index contributed by atoms with van der Waals surface area (Å²) in [4.78, 5) is 12.4. The zero-order chi connectivity index (χ0) is 22.8. The predicted octanol–water partition coefficient (Wildman–Crippen LogP) is 8.19. The Kier molecular flexibility index (Phi) is 10.7. The molecule has 0 spiro atoms. The van der Waals surface area contributed by atoms with Crippen LogP contribution in [0.1, 0.15) is 99.5 Å². The van der Waals surface area contributed by atoms with Crippen molar-refractivity contribution in [3.05, 3.63) is 34.9 Å². The van der Waals surface area contributed by atoms with Crippen LogP contribution in [0.2, 0.25) is 0 Å². The Labute approximate surface area is 174 Å². The lowest BCUT2D eigenvalue weighted by molar-refractivity contribution is -0.141. The second-order valence-corrected chi connectivity index (χ2v) is 7.48. The molecule has 0 aliphatic carbocycles. The van der Waals surface area contributed by atoms with Gasteiger partial charge < -0.3 is 4.74 Å². The van der Waals surface area contributed by atoms with Crippen molar-refractivity contribution in [1.82, 2.24) is 0 Å². The average molecular weight is 440 g/mol. The van der Waals surface area contributed by atoms with Gasteiger partial charge in [0.25, 0.3) is 0 Å². The largest absolute Gasteiger partial charge is 0.459 e. The molecule has 0 heterocycles. The van der Waals surface area contributed by atoms with E-state index in [4.69, 9.17) is 4.74 Å². The minimum Gasteiger partial charge on any atom is -0.459 e. The third-order valence-electron chi connectivity index (χ3n) is 4.89. The van der Waals surface area contributed by atoms with E-state index in [9.17, 15) is 31.1 Å². The van der Waals surface area contributed by atoms with Crippen LogP contribution in [0.25, 0.3) is 0 Å². The van der Waals surface area contributed by atoms with Crippen LogP contribution in [0.3, 0.4) is 0 Å². The van der Waals surface area contributed by atoms with Gasteiger partial charge in [-0.2, -0.15) is 26.3 Å². The number of alkyl halides is 6. The first kappa shape index (κ1) is 26.3. The molecule has 1 rings (SSSR count). The molecule has 1 unspecified atom stereocenters. The van der Waals surface area contributed by atoms with E-state index in [1.54, 1.807) is 0 Å². The SMILES string of the molecule is CCCCCCCCCC(CCC)OC(=O)c1cc(C(F)(F)F)ccc1C(F)(F)F. The van der Waals surface area contributed by atoms with Gasteiger partial charge in [-0.15, -0.1) is 0 Å². The molecule has 0 aliphatic rings. The average Bonchev–Trinajstić information content (AvgIpc) is 2.65. The number of carbonyl (C=O) groups is 1. The van der Waals surface area contributed by atoms with Gasteiger partial charge in [-0.25, -0.2) is 4.79 Å². The molecule has 172 valence electrons. The van der Waals surface area contributed by atoms with Crippen LogP contribution in [0.15, 0.2) is 18.2 Å². The van der Waals surface area contributed by atoms with Crippen LogP contribution in [0.5, 0.6) is 0 Å². The molecule has 0 fully saturated rings. The topological polar surface area (TPSA) is 26.3 Å². The maximum absolute atomic E-state index is 13.2. The van der Waals surface area contributed by atoms with Gasteiger partial charge in [0, 0.05) is 0 Å². The van der Waals surface area contributed by atoms with Crippen LogP contribution < -0.4 is 0 Å². The van der Waals surface area contributed by atoms with E-state index < -0.39 is 41.1 Å². The first-order valence-electron chi connectivity index (χ1n) is 10.5. The van der Waals surface area contributed by atoms with Crippen molar-refractivity contribution in [3.8, 4) is 0 Å². The summed E-state index contributed by atoms with van der Waals surface area (Å²) in [6.45, 7) is 3.97. The zero-order valence-corrected chi connectivity index (χ0v) is 17.5. The summed E-state index contributed by atoms with van der Waals surface area (Å²) in [7, 11) is 0. The molecule has 0 aliphatic heterocycles.